The van der Waals surface area contributed by atoms with Crippen molar-refractivity contribution in [1.82, 2.24) is 14.1 Å². The van der Waals surface area contributed by atoms with Gasteiger partial charge in [0.05, 0.1) is 24.7 Å². The van der Waals surface area contributed by atoms with Gasteiger partial charge in [-0.2, -0.15) is 4.31 Å². The van der Waals surface area contributed by atoms with Crippen LogP contribution < -0.4 is 5.32 Å². The average molecular weight is 493 g/mol. The van der Waals surface area contributed by atoms with E-state index >= 15 is 0 Å². The van der Waals surface area contributed by atoms with Crippen LogP contribution in [0.25, 0.3) is 0 Å². The fourth-order valence-electron chi connectivity index (χ4n) is 5.17. The molecular weight excluding hydrogens is 452 g/mol. The van der Waals surface area contributed by atoms with Crippen LogP contribution in [-0.2, 0) is 19.6 Å². The maximum Gasteiger partial charge on any atom is 0.243 e. The van der Waals surface area contributed by atoms with Gasteiger partial charge in [-0.25, -0.2) is 8.42 Å². The normalized spacial score (nSPS) is 22.0. The number of aryl methyl sites for hydroxylation is 1. The SMILES string of the molecule is Cc1ccc(S(=O)(=O)N2CCCCC2)cc1NC(=O)CN1CCC(CCN2CCOCC2)CC1. The molecule has 0 aliphatic carbocycles. The van der Waals surface area contributed by atoms with Gasteiger partial charge in [-0.15, -0.1) is 0 Å². The van der Waals surface area contributed by atoms with E-state index in [1.165, 1.54) is 6.42 Å². The number of hydrogen-bond acceptors (Lipinski definition) is 6. The van der Waals surface area contributed by atoms with E-state index in [1.54, 1.807) is 22.5 Å². The molecule has 0 atom stereocenters. The molecule has 9 heteroatoms. The molecule has 3 heterocycles. The van der Waals surface area contributed by atoms with E-state index in [4.69, 9.17) is 4.74 Å². The average Bonchev–Trinajstić information content (AvgIpc) is 2.86. The van der Waals surface area contributed by atoms with Gasteiger partial charge in [0.15, 0.2) is 0 Å². The quantitative estimate of drug-likeness (QED) is 0.601. The van der Waals surface area contributed by atoms with Crippen LogP contribution in [0.15, 0.2) is 23.1 Å². The number of amides is 1. The summed E-state index contributed by atoms with van der Waals surface area (Å²) in [4.78, 5) is 17.7. The van der Waals surface area contributed by atoms with Gasteiger partial charge in [-0.05, 0) is 82.3 Å². The van der Waals surface area contributed by atoms with E-state index in [1.807, 2.05) is 6.92 Å². The molecule has 0 unspecified atom stereocenters. The number of anilines is 1. The largest absolute Gasteiger partial charge is 0.379 e. The van der Waals surface area contributed by atoms with Gasteiger partial charge in [0.1, 0.15) is 0 Å². The minimum Gasteiger partial charge on any atom is -0.379 e. The van der Waals surface area contributed by atoms with Crippen LogP contribution in [0.5, 0.6) is 0 Å². The predicted molar refractivity (Wildman–Crippen MR) is 133 cm³/mol. The Morgan fingerprint density at radius 2 is 1.71 bits per heavy atom. The Balaban J connectivity index is 1.26. The summed E-state index contributed by atoms with van der Waals surface area (Å²) < 4.78 is 33.1. The van der Waals surface area contributed by atoms with Gasteiger partial charge < -0.3 is 10.1 Å². The molecule has 3 saturated heterocycles. The number of likely N-dealkylation sites (tertiary alicyclic amines) is 1. The standard InChI is InChI=1S/C25H40N4O4S/c1-21-5-6-23(34(31,32)29-10-3-2-4-11-29)19-24(21)26-25(30)20-28-13-8-22(9-14-28)7-12-27-15-17-33-18-16-27/h5-6,19,22H,2-4,7-18,20H2,1H3,(H,26,30). The number of nitrogens with zero attached hydrogens (tertiary/aromatic N) is 3. The monoisotopic (exact) mass is 492 g/mol. The van der Waals surface area contributed by atoms with Crippen molar-refractivity contribution in [2.24, 2.45) is 5.92 Å². The van der Waals surface area contributed by atoms with E-state index in [-0.39, 0.29) is 10.8 Å². The van der Waals surface area contributed by atoms with Crippen LogP contribution in [0.4, 0.5) is 5.69 Å². The first-order valence-corrected chi connectivity index (χ1v) is 14.3. The summed E-state index contributed by atoms with van der Waals surface area (Å²) >= 11 is 0. The van der Waals surface area contributed by atoms with Crippen molar-refractivity contribution in [2.45, 2.75) is 50.3 Å². The molecule has 1 aromatic rings. The minimum absolute atomic E-state index is 0.0811. The topological polar surface area (TPSA) is 82.2 Å². The number of carbonyl (C=O) groups excluding carboxylic acids is 1. The third kappa shape index (κ3) is 6.79. The smallest absolute Gasteiger partial charge is 0.243 e. The molecule has 0 bridgehead atoms. The lowest BCUT2D eigenvalue weighted by Gasteiger charge is -2.33. The molecule has 1 aromatic carbocycles. The van der Waals surface area contributed by atoms with E-state index in [2.05, 4.69) is 15.1 Å². The fraction of sp³-hybridized carbons (Fsp3) is 0.720. The summed E-state index contributed by atoms with van der Waals surface area (Å²) in [6.45, 7) is 10.2. The van der Waals surface area contributed by atoms with Gasteiger partial charge in [-0.3, -0.25) is 14.6 Å². The van der Waals surface area contributed by atoms with Gasteiger partial charge in [0, 0.05) is 31.9 Å². The fourth-order valence-corrected chi connectivity index (χ4v) is 6.71. The summed E-state index contributed by atoms with van der Waals surface area (Å²) in [5.74, 6) is 0.642. The Morgan fingerprint density at radius 1 is 1.00 bits per heavy atom. The molecule has 0 aromatic heterocycles. The summed E-state index contributed by atoms with van der Waals surface area (Å²) in [5.41, 5.74) is 1.45. The number of morpholine rings is 1. The van der Waals surface area contributed by atoms with Crippen LogP contribution in [0.2, 0.25) is 0 Å². The minimum atomic E-state index is -3.52. The highest BCUT2D eigenvalue weighted by atomic mass is 32.2. The highest BCUT2D eigenvalue weighted by molar-refractivity contribution is 7.89. The molecule has 3 aliphatic heterocycles. The van der Waals surface area contributed by atoms with Crippen molar-refractivity contribution in [2.75, 3.05) is 70.9 Å². The molecule has 4 rings (SSSR count). The molecule has 1 amide bonds. The van der Waals surface area contributed by atoms with Crippen LogP contribution in [-0.4, -0.2) is 94.0 Å². The first-order chi connectivity index (χ1) is 16.4. The van der Waals surface area contributed by atoms with Gasteiger partial charge in [-0.1, -0.05) is 12.5 Å². The Morgan fingerprint density at radius 3 is 2.41 bits per heavy atom. The number of piperidine rings is 2. The third-order valence-corrected chi connectivity index (χ3v) is 9.36. The van der Waals surface area contributed by atoms with E-state index in [9.17, 15) is 13.2 Å². The number of nitrogens with one attached hydrogen (secondary N) is 1. The predicted octanol–water partition coefficient (Wildman–Crippen LogP) is 2.54. The lowest BCUT2D eigenvalue weighted by molar-refractivity contribution is -0.117. The molecule has 3 fully saturated rings. The van der Waals surface area contributed by atoms with Crippen LogP contribution in [0, 0.1) is 12.8 Å². The first kappa shape index (κ1) is 25.6. The summed E-state index contributed by atoms with van der Waals surface area (Å²) in [6, 6.07) is 5.05. The number of rotatable bonds is 8. The highest BCUT2D eigenvalue weighted by Crippen LogP contribution is 2.26. The molecular formula is C25H40N4O4S. The van der Waals surface area contributed by atoms with Crippen molar-refractivity contribution in [3.63, 3.8) is 0 Å². The molecule has 0 saturated carbocycles. The van der Waals surface area contributed by atoms with Gasteiger partial charge >= 0.3 is 0 Å². The third-order valence-electron chi connectivity index (χ3n) is 7.47. The number of ether oxygens (including phenoxy) is 1. The van der Waals surface area contributed by atoms with E-state index in [0.29, 0.717) is 25.3 Å². The number of benzene rings is 1. The van der Waals surface area contributed by atoms with Crippen LogP contribution in [0.3, 0.4) is 0 Å². The maximum atomic E-state index is 13.0. The molecule has 34 heavy (non-hydrogen) atoms. The van der Waals surface area contributed by atoms with Crippen molar-refractivity contribution in [3.8, 4) is 0 Å². The van der Waals surface area contributed by atoms with Crippen LogP contribution >= 0.6 is 0 Å². The molecule has 0 radical (unpaired) electrons. The zero-order valence-corrected chi connectivity index (χ0v) is 21.3. The summed E-state index contributed by atoms with van der Waals surface area (Å²) in [7, 11) is -3.52. The number of sulfonamides is 1. The highest BCUT2D eigenvalue weighted by Gasteiger charge is 2.27. The van der Waals surface area contributed by atoms with E-state index < -0.39 is 10.0 Å². The Kier molecular flexibility index (Phi) is 8.98. The Bertz CT molecular complexity index is 919. The first-order valence-electron chi connectivity index (χ1n) is 12.8. The number of hydrogen-bond donors (Lipinski definition) is 1. The van der Waals surface area contributed by atoms with Crippen molar-refractivity contribution in [1.29, 1.82) is 0 Å². The van der Waals surface area contributed by atoms with Crippen molar-refractivity contribution < 1.29 is 17.9 Å². The lowest BCUT2D eigenvalue weighted by Crippen LogP contribution is -2.41. The van der Waals surface area contributed by atoms with Crippen molar-refractivity contribution in [3.05, 3.63) is 23.8 Å². The second-order valence-corrected chi connectivity index (χ2v) is 11.9. The second kappa shape index (κ2) is 11.9. The van der Waals surface area contributed by atoms with Gasteiger partial charge in [0.2, 0.25) is 15.9 Å². The van der Waals surface area contributed by atoms with Gasteiger partial charge in [0.25, 0.3) is 0 Å². The molecule has 0 spiro atoms. The zero-order chi connectivity index (χ0) is 24.0. The lowest BCUT2D eigenvalue weighted by atomic mass is 9.93. The Hall–Kier alpha value is -1.52. The molecule has 190 valence electrons. The summed E-state index contributed by atoms with van der Waals surface area (Å²) in [5, 5.41) is 2.97. The van der Waals surface area contributed by atoms with E-state index in [0.717, 1.165) is 89.5 Å². The van der Waals surface area contributed by atoms with Crippen molar-refractivity contribution >= 4 is 21.6 Å². The second-order valence-electron chi connectivity index (χ2n) is 9.95. The molecule has 3 aliphatic rings. The van der Waals surface area contributed by atoms with Crippen LogP contribution in [0.1, 0.15) is 44.1 Å². The molecule has 1 N–H and O–H groups in total. The Labute approximate surface area is 204 Å². The zero-order valence-electron chi connectivity index (χ0n) is 20.5. The number of carbonyl (C=O) groups is 1. The molecule has 8 nitrogen and oxygen atoms in total. The summed E-state index contributed by atoms with van der Waals surface area (Å²) in [6.07, 6.45) is 6.35. The maximum absolute atomic E-state index is 13.0.